The lowest BCUT2D eigenvalue weighted by atomic mass is 10.1. The van der Waals surface area contributed by atoms with E-state index in [2.05, 4.69) is 19.9 Å². The number of ether oxygens (including phenoxy) is 2. The molecule has 0 saturated carbocycles. The van der Waals surface area contributed by atoms with E-state index in [1.165, 1.54) is 77.0 Å². The molecule has 0 heterocycles. The van der Waals surface area contributed by atoms with E-state index in [1.807, 2.05) is 6.08 Å². The molecule has 0 amide bonds. The van der Waals surface area contributed by atoms with E-state index in [0.717, 1.165) is 19.3 Å². The monoisotopic (exact) mass is 424 g/mol. The summed E-state index contributed by atoms with van der Waals surface area (Å²) in [6.45, 7) is 5.29. The molecule has 0 saturated heterocycles. The molecule has 0 aromatic rings. The number of carbonyl (C=O) groups excluding carboxylic acids is 2. The molecule has 0 aromatic heterocycles. The fourth-order valence-electron chi connectivity index (χ4n) is 3.31. The van der Waals surface area contributed by atoms with Gasteiger partial charge in [-0.1, -0.05) is 103 Å². The lowest BCUT2D eigenvalue weighted by Gasteiger charge is -2.05. The fourth-order valence-corrected chi connectivity index (χ4v) is 3.31. The first kappa shape index (κ1) is 28.7. The van der Waals surface area contributed by atoms with Crippen LogP contribution in [-0.4, -0.2) is 25.2 Å². The predicted molar refractivity (Wildman–Crippen MR) is 126 cm³/mol. The van der Waals surface area contributed by atoms with Gasteiger partial charge in [-0.2, -0.15) is 0 Å². The van der Waals surface area contributed by atoms with Crippen molar-refractivity contribution >= 4 is 11.9 Å². The van der Waals surface area contributed by atoms with Crippen LogP contribution in [0.1, 0.15) is 129 Å². The zero-order valence-electron chi connectivity index (χ0n) is 19.9. The van der Waals surface area contributed by atoms with Crippen LogP contribution in [-0.2, 0) is 19.1 Å². The van der Waals surface area contributed by atoms with Crippen LogP contribution < -0.4 is 0 Å². The second-order valence-electron chi connectivity index (χ2n) is 8.26. The fraction of sp³-hybridized carbons (Fsp3) is 0.846. The molecule has 4 heteroatoms. The highest BCUT2D eigenvalue weighted by molar-refractivity contribution is 5.72. The molecule has 0 aromatic carbocycles. The van der Waals surface area contributed by atoms with Crippen LogP contribution in [0.4, 0.5) is 0 Å². The molecule has 0 radical (unpaired) electrons. The largest absolute Gasteiger partial charge is 0.466 e. The molecule has 4 nitrogen and oxygen atoms in total. The van der Waals surface area contributed by atoms with Crippen LogP contribution in [0.2, 0.25) is 0 Å². The average Bonchev–Trinajstić information content (AvgIpc) is 2.74. The Balaban J connectivity index is 3.38. The van der Waals surface area contributed by atoms with Crippen molar-refractivity contribution in [2.75, 3.05) is 13.2 Å². The van der Waals surface area contributed by atoms with Gasteiger partial charge >= 0.3 is 11.9 Å². The van der Waals surface area contributed by atoms with Crippen molar-refractivity contribution in [1.29, 1.82) is 0 Å². The molecule has 0 aliphatic rings. The molecule has 0 aliphatic heterocycles. The minimum Gasteiger partial charge on any atom is -0.466 e. The van der Waals surface area contributed by atoms with Crippen molar-refractivity contribution in [3.8, 4) is 0 Å². The zero-order valence-corrected chi connectivity index (χ0v) is 19.9. The minimum absolute atomic E-state index is 0.205. The lowest BCUT2D eigenvalue weighted by Crippen LogP contribution is -2.08. The number of hydrogen-bond donors (Lipinski definition) is 0. The summed E-state index contributed by atoms with van der Waals surface area (Å²) in [5, 5.41) is 0. The van der Waals surface area contributed by atoms with Gasteiger partial charge in [-0.3, -0.25) is 9.59 Å². The number of unbranched alkanes of at least 4 members (excludes halogenated alkanes) is 13. The van der Waals surface area contributed by atoms with Crippen molar-refractivity contribution in [3.63, 3.8) is 0 Å². The van der Waals surface area contributed by atoms with Gasteiger partial charge in [0.15, 0.2) is 0 Å². The third kappa shape index (κ3) is 23.0. The molecule has 30 heavy (non-hydrogen) atoms. The number of hydrogen-bond acceptors (Lipinski definition) is 4. The number of rotatable bonds is 22. The smallest absolute Gasteiger partial charge is 0.306 e. The van der Waals surface area contributed by atoms with Gasteiger partial charge in [-0.05, 0) is 25.7 Å². The highest BCUT2D eigenvalue weighted by Gasteiger charge is 2.06. The summed E-state index contributed by atoms with van der Waals surface area (Å²) in [5.41, 5.74) is 0. The van der Waals surface area contributed by atoms with Crippen molar-refractivity contribution < 1.29 is 19.1 Å². The molecule has 0 atom stereocenters. The van der Waals surface area contributed by atoms with E-state index in [1.54, 1.807) is 0 Å². The summed E-state index contributed by atoms with van der Waals surface area (Å²) in [6, 6.07) is 0. The Hall–Kier alpha value is -1.32. The summed E-state index contributed by atoms with van der Waals surface area (Å²) in [7, 11) is 0. The second-order valence-corrected chi connectivity index (χ2v) is 8.26. The van der Waals surface area contributed by atoms with E-state index in [4.69, 9.17) is 9.47 Å². The number of allylic oxidation sites excluding steroid dienone is 1. The summed E-state index contributed by atoms with van der Waals surface area (Å²) < 4.78 is 10.4. The molecule has 0 fully saturated rings. The topological polar surface area (TPSA) is 52.6 Å². The van der Waals surface area contributed by atoms with E-state index < -0.39 is 0 Å². The van der Waals surface area contributed by atoms with E-state index in [9.17, 15) is 9.59 Å². The van der Waals surface area contributed by atoms with E-state index in [-0.39, 0.29) is 18.4 Å². The maximum atomic E-state index is 11.7. The second kappa shape index (κ2) is 24.0. The van der Waals surface area contributed by atoms with Crippen LogP contribution in [0.25, 0.3) is 0 Å². The zero-order chi connectivity index (χ0) is 22.1. The first-order chi connectivity index (χ1) is 14.7. The van der Waals surface area contributed by atoms with Crippen LogP contribution in [0, 0.1) is 0 Å². The number of esters is 2. The molecule has 0 N–H and O–H groups in total. The van der Waals surface area contributed by atoms with Gasteiger partial charge < -0.3 is 9.47 Å². The third-order valence-corrected chi connectivity index (χ3v) is 5.25. The number of carbonyl (C=O) groups is 2. The SMILES string of the molecule is CCCCCCCCC/C=C/COC(=O)CCCC(=O)OCCCCCCCCC. The van der Waals surface area contributed by atoms with Crippen LogP contribution >= 0.6 is 0 Å². The first-order valence-electron chi connectivity index (χ1n) is 12.7. The summed E-state index contributed by atoms with van der Waals surface area (Å²) in [6.07, 6.45) is 23.7. The van der Waals surface area contributed by atoms with Gasteiger partial charge in [0.25, 0.3) is 0 Å². The Labute approximate surface area is 186 Å². The molecule has 176 valence electrons. The maximum Gasteiger partial charge on any atom is 0.306 e. The third-order valence-electron chi connectivity index (χ3n) is 5.25. The van der Waals surface area contributed by atoms with Crippen molar-refractivity contribution in [2.45, 2.75) is 129 Å². The van der Waals surface area contributed by atoms with Crippen LogP contribution in [0.15, 0.2) is 12.2 Å². The average molecular weight is 425 g/mol. The highest BCUT2D eigenvalue weighted by atomic mass is 16.5. The molecule has 0 aliphatic carbocycles. The van der Waals surface area contributed by atoms with Crippen LogP contribution in [0.5, 0.6) is 0 Å². The highest BCUT2D eigenvalue weighted by Crippen LogP contribution is 2.09. The Kier molecular flexibility index (Phi) is 22.9. The van der Waals surface area contributed by atoms with Gasteiger partial charge in [0.2, 0.25) is 0 Å². The Morgan fingerprint density at radius 2 is 1.07 bits per heavy atom. The summed E-state index contributed by atoms with van der Waals surface area (Å²) in [5.74, 6) is -0.446. The van der Waals surface area contributed by atoms with Gasteiger partial charge in [-0.25, -0.2) is 0 Å². The molecular formula is C26H48O4. The van der Waals surface area contributed by atoms with Crippen molar-refractivity contribution in [3.05, 3.63) is 12.2 Å². The van der Waals surface area contributed by atoms with Crippen LogP contribution in [0.3, 0.4) is 0 Å². The lowest BCUT2D eigenvalue weighted by molar-refractivity contribution is -0.145. The van der Waals surface area contributed by atoms with Crippen molar-refractivity contribution in [1.82, 2.24) is 0 Å². The Morgan fingerprint density at radius 1 is 0.567 bits per heavy atom. The minimum atomic E-state index is -0.240. The Morgan fingerprint density at radius 3 is 1.67 bits per heavy atom. The summed E-state index contributed by atoms with van der Waals surface area (Å²) in [4.78, 5) is 23.4. The normalized spacial score (nSPS) is 11.1. The molecule has 0 rings (SSSR count). The predicted octanol–water partition coefficient (Wildman–Crippen LogP) is 7.69. The van der Waals surface area contributed by atoms with Gasteiger partial charge in [0.05, 0.1) is 6.61 Å². The van der Waals surface area contributed by atoms with E-state index >= 15 is 0 Å². The molecule has 0 unspecified atom stereocenters. The molecular weight excluding hydrogens is 376 g/mol. The standard InChI is InChI=1S/C26H48O4/c1-3-5-7-9-11-12-13-15-17-19-24-30-26(28)22-20-21-25(27)29-23-18-16-14-10-8-6-4-2/h17,19H,3-16,18,20-24H2,1-2H3/b19-17+. The van der Waals surface area contributed by atoms with E-state index in [0.29, 0.717) is 26.1 Å². The van der Waals surface area contributed by atoms with Gasteiger partial charge in [0.1, 0.15) is 6.61 Å². The molecule has 0 spiro atoms. The first-order valence-corrected chi connectivity index (χ1v) is 12.7. The quantitative estimate of drug-likeness (QED) is 0.101. The molecule has 0 bridgehead atoms. The maximum absolute atomic E-state index is 11.7. The van der Waals surface area contributed by atoms with Gasteiger partial charge in [0, 0.05) is 12.8 Å². The Bertz CT molecular complexity index is 417. The summed E-state index contributed by atoms with van der Waals surface area (Å²) >= 11 is 0. The van der Waals surface area contributed by atoms with Gasteiger partial charge in [-0.15, -0.1) is 0 Å². The van der Waals surface area contributed by atoms with Crippen molar-refractivity contribution in [2.24, 2.45) is 0 Å².